The summed E-state index contributed by atoms with van der Waals surface area (Å²) in [4.78, 5) is 4.53. The highest BCUT2D eigenvalue weighted by atomic mass is 32.2. The van der Waals surface area contributed by atoms with E-state index in [-0.39, 0.29) is 4.90 Å². The van der Waals surface area contributed by atoms with Gasteiger partial charge in [-0.3, -0.25) is 0 Å². The van der Waals surface area contributed by atoms with Crippen molar-refractivity contribution in [2.75, 3.05) is 11.6 Å². The predicted octanol–water partition coefficient (Wildman–Crippen LogP) is 0.958. The first-order chi connectivity index (χ1) is 9.16. The molecular formula is C13H18N4O2S. The Bertz CT molecular complexity index is 690. The third-order valence-corrected chi connectivity index (χ3v) is 3.83. The van der Waals surface area contributed by atoms with Gasteiger partial charge in [-0.25, -0.2) is 13.4 Å². The van der Waals surface area contributed by atoms with Crippen LogP contribution in [0.3, 0.4) is 0 Å². The second-order valence-electron chi connectivity index (χ2n) is 5.10. The first-order valence-corrected chi connectivity index (χ1v) is 7.97. The lowest BCUT2D eigenvalue weighted by atomic mass is 10.2. The molecule has 20 heavy (non-hydrogen) atoms. The zero-order valence-electron chi connectivity index (χ0n) is 11.6. The summed E-state index contributed by atoms with van der Waals surface area (Å²) in [6.07, 6.45) is 4.61. The number of aryl methyl sites for hydroxylation is 1. The van der Waals surface area contributed by atoms with Gasteiger partial charge in [-0.05, 0) is 43.7 Å². The van der Waals surface area contributed by atoms with Crippen molar-refractivity contribution in [3.05, 3.63) is 36.0 Å². The average Bonchev–Trinajstić information content (AvgIpc) is 2.25. The molecule has 1 aliphatic heterocycles. The van der Waals surface area contributed by atoms with Gasteiger partial charge in [-0.15, -0.1) is 0 Å². The van der Waals surface area contributed by atoms with Gasteiger partial charge in [0.2, 0.25) is 5.96 Å². The van der Waals surface area contributed by atoms with Crippen molar-refractivity contribution in [3.8, 4) is 0 Å². The van der Waals surface area contributed by atoms with Crippen LogP contribution in [0.2, 0.25) is 0 Å². The maximum absolute atomic E-state index is 11.6. The number of nitrogens with zero attached hydrogens (tertiary/aromatic N) is 1. The Morgan fingerprint density at radius 2 is 2.05 bits per heavy atom. The van der Waals surface area contributed by atoms with E-state index in [0.29, 0.717) is 11.6 Å². The minimum atomic E-state index is -3.25. The van der Waals surface area contributed by atoms with Crippen LogP contribution in [0.15, 0.2) is 40.4 Å². The molecule has 1 atom stereocenters. The van der Waals surface area contributed by atoms with Crippen molar-refractivity contribution in [3.63, 3.8) is 0 Å². The number of anilines is 1. The molecule has 0 saturated carbocycles. The van der Waals surface area contributed by atoms with Crippen LogP contribution in [0.4, 0.5) is 5.69 Å². The van der Waals surface area contributed by atoms with E-state index in [1.54, 1.807) is 31.3 Å². The summed E-state index contributed by atoms with van der Waals surface area (Å²) in [6, 6.07) is 5.04. The third kappa shape index (κ3) is 3.58. The second kappa shape index (κ2) is 4.92. The highest BCUT2D eigenvalue weighted by Crippen LogP contribution is 2.19. The molecule has 1 heterocycles. The van der Waals surface area contributed by atoms with E-state index in [9.17, 15) is 8.42 Å². The third-order valence-electron chi connectivity index (χ3n) is 2.74. The summed E-state index contributed by atoms with van der Waals surface area (Å²) < 4.78 is 23.3. The van der Waals surface area contributed by atoms with Crippen molar-refractivity contribution >= 4 is 21.5 Å². The lowest BCUT2D eigenvalue weighted by Gasteiger charge is -2.22. The minimum Gasteiger partial charge on any atom is -0.333 e. The number of sulfone groups is 1. The van der Waals surface area contributed by atoms with Crippen LogP contribution in [0.5, 0.6) is 0 Å². The Balaban J connectivity index is 2.31. The van der Waals surface area contributed by atoms with Gasteiger partial charge < -0.3 is 16.4 Å². The van der Waals surface area contributed by atoms with Crippen LogP contribution >= 0.6 is 0 Å². The van der Waals surface area contributed by atoms with Crippen molar-refractivity contribution in [2.45, 2.75) is 24.4 Å². The number of aliphatic imine (C=N–C) groups is 1. The van der Waals surface area contributed by atoms with Crippen molar-refractivity contribution in [1.82, 2.24) is 5.32 Å². The fourth-order valence-corrected chi connectivity index (χ4v) is 2.58. The Morgan fingerprint density at radius 1 is 1.35 bits per heavy atom. The molecular weight excluding hydrogens is 276 g/mol. The van der Waals surface area contributed by atoms with Gasteiger partial charge in [0, 0.05) is 18.1 Å². The minimum absolute atomic E-state index is 0.266. The van der Waals surface area contributed by atoms with Crippen LogP contribution in [0.1, 0.15) is 12.5 Å². The smallest absolute Gasteiger partial charge is 0.202 e. The highest BCUT2D eigenvalue weighted by Gasteiger charge is 2.18. The molecule has 1 aromatic rings. The molecule has 1 aromatic carbocycles. The highest BCUT2D eigenvalue weighted by molar-refractivity contribution is 7.90. The monoisotopic (exact) mass is 294 g/mol. The summed E-state index contributed by atoms with van der Waals surface area (Å²) in [5.41, 5.74) is 6.61. The number of benzene rings is 1. The standard InChI is InChI=1S/C13H18N4O2S/c1-9-6-10(8-11(7-9)20(3,18)19)16-12-15-5-4-13(2,14)17-12/h4-8H,14H2,1-3H3,(H2,15,16,17). The number of nitrogens with two attached hydrogens (primary N) is 1. The first-order valence-electron chi connectivity index (χ1n) is 6.07. The molecule has 6 nitrogen and oxygen atoms in total. The van der Waals surface area contributed by atoms with Crippen molar-refractivity contribution in [1.29, 1.82) is 0 Å². The van der Waals surface area contributed by atoms with E-state index in [4.69, 9.17) is 5.73 Å². The molecule has 2 rings (SSSR count). The van der Waals surface area contributed by atoms with Crippen LogP contribution in [0, 0.1) is 6.92 Å². The molecule has 0 aliphatic carbocycles. The fourth-order valence-electron chi connectivity index (χ4n) is 1.83. The SMILES string of the molecule is Cc1cc(NC2=NC(C)(N)C=CN2)cc(S(C)(=O)=O)c1. The fraction of sp³-hybridized carbons (Fsp3) is 0.308. The molecule has 0 saturated heterocycles. The van der Waals surface area contributed by atoms with Crippen LogP contribution in [-0.2, 0) is 9.84 Å². The van der Waals surface area contributed by atoms with Gasteiger partial charge in [0.1, 0.15) is 5.66 Å². The van der Waals surface area contributed by atoms with Gasteiger partial charge in [0.25, 0.3) is 0 Å². The number of nitrogens with one attached hydrogen (secondary N) is 2. The van der Waals surface area contributed by atoms with Crippen LogP contribution < -0.4 is 16.4 Å². The van der Waals surface area contributed by atoms with Crippen LogP contribution in [0.25, 0.3) is 0 Å². The summed E-state index contributed by atoms with van der Waals surface area (Å²) in [7, 11) is -3.25. The van der Waals surface area contributed by atoms with Gasteiger partial charge in [-0.1, -0.05) is 0 Å². The zero-order chi connectivity index (χ0) is 15.0. The van der Waals surface area contributed by atoms with E-state index in [2.05, 4.69) is 15.6 Å². The number of hydrogen-bond acceptors (Lipinski definition) is 6. The molecule has 4 N–H and O–H groups in total. The maximum atomic E-state index is 11.6. The topological polar surface area (TPSA) is 96.6 Å². The molecule has 0 amide bonds. The number of rotatable bonds is 2. The Kier molecular flexibility index (Phi) is 3.58. The van der Waals surface area contributed by atoms with Crippen molar-refractivity contribution < 1.29 is 8.42 Å². The lowest BCUT2D eigenvalue weighted by Crippen LogP contribution is -2.41. The van der Waals surface area contributed by atoms with E-state index in [0.717, 1.165) is 5.56 Å². The van der Waals surface area contributed by atoms with Gasteiger partial charge >= 0.3 is 0 Å². The largest absolute Gasteiger partial charge is 0.333 e. The number of hydrogen-bond donors (Lipinski definition) is 3. The van der Waals surface area contributed by atoms with E-state index in [1.165, 1.54) is 6.26 Å². The molecule has 0 spiro atoms. The quantitative estimate of drug-likeness (QED) is 0.755. The van der Waals surface area contributed by atoms with E-state index < -0.39 is 15.5 Å². The lowest BCUT2D eigenvalue weighted by molar-refractivity contribution is 0.601. The molecule has 0 fully saturated rings. The van der Waals surface area contributed by atoms with Crippen molar-refractivity contribution in [2.24, 2.45) is 10.7 Å². The molecule has 0 bridgehead atoms. The van der Waals surface area contributed by atoms with Gasteiger partial charge in [0.05, 0.1) is 4.90 Å². The maximum Gasteiger partial charge on any atom is 0.202 e. The molecule has 0 radical (unpaired) electrons. The molecule has 1 unspecified atom stereocenters. The Morgan fingerprint density at radius 3 is 2.65 bits per heavy atom. The summed E-state index contributed by atoms with van der Waals surface area (Å²) in [5.74, 6) is 0.475. The first kappa shape index (κ1) is 14.5. The number of guanidine groups is 1. The molecule has 7 heteroatoms. The summed E-state index contributed by atoms with van der Waals surface area (Å²) in [5, 5.41) is 5.96. The normalized spacial score (nSPS) is 22.1. The van der Waals surface area contributed by atoms with Gasteiger partial charge in [0.15, 0.2) is 9.84 Å². The molecule has 0 aromatic heterocycles. The Labute approximate surface area is 118 Å². The second-order valence-corrected chi connectivity index (χ2v) is 7.11. The van der Waals surface area contributed by atoms with Crippen LogP contribution in [-0.4, -0.2) is 26.3 Å². The zero-order valence-corrected chi connectivity index (χ0v) is 12.5. The summed E-state index contributed by atoms with van der Waals surface area (Å²) >= 11 is 0. The van der Waals surface area contributed by atoms with E-state index in [1.807, 2.05) is 13.0 Å². The molecule has 108 valence electrons. The molecule has 1 aliphatic rings. The predicted molar refractivity (Wildman–Crippen MR) is 80.2 cm³/mol. The van der Waals surface area contributed by atoms with E-state index >= 15 is 0 Å². The summed E-state index contributed by atoms with van der Waals surface area (Å²) in [6.45, 7) is 3.60. The average molecular weight is 294 g/mol. The Hall–Kier alpha value is -1.86. The van der Waals surface area contributed by atoms with Gasteiger partial charge in [-0.2, -0.15) is 0 Å².